The molecule has 124 valence electrons. The van der Waals surface area contributed by atoms with Crippen LogP contribution in [-0.2, 0) is 6.42 Å². The van der Waals surface area contributed by atoms with Crippen molar-refractivity contribution in [2.75, 3.05) is 19.0 Å². The van der Waals surface area contributed by atoms with E-state index in [1.54, 1.807) is 31.5 Å². The van der Waals surface area contributed by atoms with E-state index in [9.17, 15) is 4.39 Å². The molecule has 1 N–H and O–H groups in total. The minimum atomic E-state index is -0.298. The van der Waals surface area contributed by atoms with Gasteiger partial charge in [0.1, 0.15) is 5.82 Å². The van der Waals surface area contributed by atoms with Crippen LogP contribution in [0.2, 0.25) is 0 Å². The molecule has 0 fully saturated rings. The minimum absolute atomic E-state index is 0.298. The fraction of sp³-hybridized carbons (Fsp3) is 0.250. The summed E-state index contributed by atoms with van der Waals surface area (Å²) in [6.07, 6.45) is 3.01. The molecular weight excluding hydrogens is 313 g/mol. The van der Waals surface area contributed by atoms with Gasteiger partial charge in [0.15, 0.2) is 0 Å². The highest BCUT2D eigenvalue weighted by Crippen LogP contribution is 2.16. The Labute approximate surface area is 137 Å². The van der Waals surface area contributed by atoms with Crippen LogP contribution in [-0.4, -0.2) is 33.8 Å². The van der Waals surface area contributed by atoms with Gasteiger partial charge in [0.25, 0.3) is 0 Å². The zero-order valence-electron chi connectivity index (χ0n) is 13.1. The van der Waals surface area contributed by atoms with Crippen molar-refractivity contribution >= 4 is 5.95 Å². The number of hydrogen-bond acceptors (Lipinski definition) is 7. The van der Waals surface area contributed by atoms with E-state index in [1.807, 2.05) is 0 Å². The Hall–Kier alpha value is -3.03. The second-order valence-corrected chi connectivity index (χ2v) is 4.97. The predicted molar refractivity (Wildman–Crippen MR) is 85.1 cm³/mol. The number of halogens is 1. The van der Waals surface area contributed by atoms with Crippen molar-refractivity contribution in [3.63, 3.8) is 0 Å². The second kappa shape index (κ2) is 7.49. The SMILES string of the molecule is COc1ccnc(NCCCc2nc(-c3ccc(F)cc3)no2)n1. The van der Waals surface area contributed by atoms with Crippen LogP contribution in [0.25, 0.3) is 11.4 Å². The lowest BCUT2D eigenvalue weighted by Gasteiger charge is -2.04. The molecule has 0 aliphatic heterocycles. The van der Waals surface area contributed by atoms with Gasteiger partial charge in [-0.2, -0.15) is 9.97 Å². The van der Waals surface area contributed by atoms with Gasteiger partial charge < -0.3 is 14.6 Å². The molecule has 0 aliphatic rings. The summed E-state index contributed by atoms with van der Waals surface area (Å²) in [5, 5.41) is 7.01. The minimum Gasteiger partial charge on any atom is -0.481 e. The molecule has 0 atom stereocenters. The molecule has 1 aromatic carbocycles. The first kappa shape index (κ1) is 15.9. The first-order valence-electron chi connectivity index (χ1n) is 7.44. The van der Waals surface area contributed by atoms with Gasteiger partial charge in [-0.15, -0.1) is 0 Å². The quantitative estimate of drug-likeness (QED) is 0.667. The summed E-state index contributed by atoms with van der Waals surface area (Å²) in [5.41, 5.74) is 0.717. The van der Waals surface area contributed by atoms with Gasteiger partial charge in [-0.25, -0.2) is 9.37 Å². The lowest BCUT2D eigenvalue weighted by atomic mass is 10.2. The summed E-state index contributed by atoms with van der Waals surface area (Å²) < 4.78 is 23.2. The molecule has 8 heteroatoms. The Morgan fingerprint density at radius 3 is 2.79 bits per heavy atom. The van der Waals surface area contributed by atoms with Crippen molar-refractivity contribution in [1.82, 2.24) is 20.1 Å². The number of hydrogen-bond donors (Lipinski definition) is 1. The standard InChI is InChI=1S/C16H16FN5O2/c1-23-13-8-10-19-16(21-13)18-9-2-3-14-20-15(22-24-14)11-4-6-12(17)7-5-11/h4-8,10H,2-3,9H2,1H3,(H,18,19,21). The average Bonchev–Trinajstić information content (AvgIpc) is 3.08. The van der Waals surface area contributed by atoms with Gasteiger partial charge in [0.2, 0.25) is 23.5 Å². The summed E-state index contributed by atoms with van der Waals surface area (Å²) in [4.78, 5) is 12.6. The van der Waals surface area contributed by atoms with E-state index in [2.05, 4.69) is 25.4 Å². The fourth-order valence-corrected chi connectivity index (χ4v) is 2.05. The molecule has 0 aliphatic carbocycles. The molecule has 0 saturated heterocycles. The molecule has 2 aromatic heterocycles. The summed E-state index contributed by atoms with van der Waals surface area (Å²) in [7, 11) is 1.56. The molecule has 0 saturated carbocycles. The number of anilines is 1. The van der Waals surface area contributed by atoms with Crippen LogP contribution in [0.3, 0.4) is 0 Å². The Morgan fingerprint density at radius 2 is 2.00 bits per heavy atom. The highest BCUT2D eigenvalue weighted by atomic mass is 19.1. The van der Waals surface area contributed by atoms with Crippen molar-refractivity contribution in [1.29, 1.82) is 0 Å². The first-order valence-corrected chi connectivity index (χ1v) is 7.44. The fourth-order valence-electron chi connectivity index (χ4n) is 2.05. The van der Waals surface area contributed by atoms with Crippen LogP contribution in [0.1, 0.15) is 12.3 Å². The van der Waals surface area contributed by atoms with Crippen LogP contribution in [0.15, 0.2) is 41.1 Å². The number of nitrogens with zero attached hydrogens (tertiary/aromatic N) is 4. The van der Waals surface area contributed by atoms with Crippen molar-refractivity contribution in [2.45, 2.75) is 12.8 Å². The zero-order valence-corrected chi connectivity index (χ0v) is 13.1. The van der Waals surface area contributed by atoms with Crippen LogP contribution in [0.4, 0.5) is 10.3 Å². The Bertz CT molecular complexity index is 791. The van der Waals surface area contributed by atoms with E-state index >= 15 is 0 Å². The maximum absolute atomic E-state index is 12.9. The van der Waals surface area contributed by atoms with Crippen molar-refractivity contribution in [3.05, 3.63) is 48.2 Å². The van der Waals surface area contributed by atoms with E-state index in [0.717, 1.165) is 6.42 Å². The maximum atomic E-state index is 12.9. The van der Waals surface area contributed by atoms with Gasteiger partial charge in [-0.1, -0.05) is 5.16 Å². The number of nitrogens with one attached hydrogen (secondary N) is 1. The van der Waals surface area contributed by atoms with Gasteiger partial charge in [0, 0.05) is 30.8 Å². The largest absolute Gasteiger partial charge is 0.481 e. The van der Waals surface area contributed by atoms with Crippen molar-refractivity contribution in [3.8, 4) is 17.3 Å². The third-order valence-corrected chi connectivity index (χ3v) is 3.26. The molecule has 7 nitrogen and oxygen atoms in total. The molecule has 0 unspecified atom stereocenters. The Kier molecular flexibility index (Phi) is 4.95. The van der Waals surface area contributed by atoms with Crippen molar-refractivity contribution in [2.24, 2.45) is 0 Å². The Balaban J connectivity index is 1.49. The van der Waals surface area contributed by atoms with Crippen LogP contribution < -0.4 is 10.1 Å². The van der Waals surface area contributed by atoms with Gasteiger partial charge in [-0.05, 0) is 30.7 Å². The smallest absolute Gasteiger partial charge is 0.227 e. The summed E-state index contributed by atoms with van der Waals surface area (Å²) in [5.74, 6) is 1.70. The number of rotatable bonds is 7. The number of aryl methyl sites for hydroxylation is 1. The molecular formula is C16H16FN5O2. The lowest BCUT2D eigenvalue weighted by Crippen LogP contribution is -2.06. The van der Waals surface area contributed by atoms with Crippen LogP contribution >= 0.6 is 0 Å². The molecule has 0 amide bonds. The predicted octanol–water partition coefficient (Wildman–Crippen LogP) is 2.72. The highest BCUT2D eigenvalue weighted by molar-refractivity contribution is 5.53. The van der Waals surface area contributed by atoms with E-state index in [-0.39, 0.29) is 5.82 Å². The van der Waals surface area contributed by atoms with E-state index in [0.29, 0.717) is 42.1 Å². The van der Waals surface area contributed by atoms with Crippen LogP contribution in [0.5, 0.6) is 5.88 Å². The Morgan fingerprint density at radius 1 is 1.17 bits per heavy atom. The first-order chi connectivity index (χ1) is 11.7. The van der Waals surface area contributed by atoms with E-state index in [4.69, 9.17) is 9.26 Å². The zero-order chi connectivity index (χ0) is 16.8. The third-order valence-electron chi connectivity index (χ3n) is 3.26. The number of aromatic nitrogens is 4. The van der Waals surface area contributed by atoms with Gasteiger partial charge in [-0.3, -0.25) is 0 Å². The van der Waals surface area contributed by atoms with Gasteiger partial charge >= 0.3 is 0 Å². The molecule has 0 spiro atoms. The number of ether oxygens (including phenoxy) is 1. The monoisotopic (exact) mass is 329 g/mol. The number of benzene rings is 1. The van der Waals surface area contributed by atoms with E-state index < -0.39 is 0 Å². The van der Waals surface area contributed by atoms with Crippen molar-refractivity contribution < 1.29 is 13.7 Å². The summed E-state index contributed by atoms with van der Waals surface area (Å²) in [6, 6.07) is 7.64. The van der Waals surface area contributed by atoms with E-state index in [1.165, 1.54) is 12.1 Å². The highest BCUT2D eigenvalue weighted by Gasteiger charge is 2.08. The molecule has 3 aromatic rings. The molecule has 3 rings (SSSR count). The van der Waals surface area contributed by atoms with Crippen LogP contribution in [0, 0.1) is 5.82 Å². The second-order valence-electron chi connectivity index (χ2n) is 4.97. The molecule has 0 radical (unpaired) electrons. The molecule has 2 heterocycles. The molecule has 0 bridgehead atoms. The normalized spacial score (nSPS) is 10.6. The average molecular weight is 329 g/mol. The summed E-state index contributed by atoms with van der Waals surface area (Å²) in [6.45, 7) is 0.654. The van der Waals surface area contributed by atoms with Gasteiger partial charge in [0.05, 0.1) is 7.11 Å². The third kappa shape index (κ3) is 4.03. The number of methoxy groups -OCH3 is 1. The summed E-state index contributed by atoms with van der Waals surface area (Å²) >= 11 is 0. The molecule has 24 heavy (non-hydrogen) atoms. The lowest BCUT2D eigenvalue weighted by molar-refractivity contribution is 0.377. The topological polar surface area (TPSA) is 86.0 Å². The maximum Gasteiger partial charge on any atom is 0.227 e.